The van der Waals surface area contributed by atoms with Crippen molar-refractivity contribution in [1.82, 2.24) is 0 Å². The van der Waals surface area contributed by atoms with Gasteiger partial charge in [-0.3, -0.25) is 0 Å². The van der Waals surface area contributed by atoms with Crippen LogP contribution < -0.4 is 14.5 Å². The highest BCUT2D eigenvalue weighted by Gasteiger charge is 2.25. The highest BCUT2D eigenvalue weighted by atomic mass is 19.2. The summed E-state index contributed by atoms with van der Waals surface area (Å²) in [5, 5.41) is 0. The van der Waals surface area contributed by atoms with E-state index in [0.29, 0.717) is 46.7 Å². The molecule has 0 atom stereocenters. The second kappa shape index (κ2) is 9.76. The van der Waals surface area contributed by atoms with Crippen LogP contribution in [0.15, 0.2) is 48.2 Å². The molecule has 0 aromatic heterocycles. The number of nitrogens with zero attached hydrogens (tertiary/aromatic N) is 2. The Bertz CT molecular complexity index is 1390. The van der Waals surface area contributed by atoms with Crippen LogP contribution in [0.5, 0.6) is 5.75 Å². The van der Waals surface area contributed by atoms with Crippen LogP contribution in [0, 0.1) is 34.9 Å². The first-order valence-corrected chi connectivity index (χ1v) is 11.2. The van der Waals surface area contributed by atoms with E-state index >= 15 is 0 Å². The van der Waals surface area contributed by atoms with Crippen LogP contribution in [0.4, 0.5) is 37.7 Å². The normalized spacial score (nSPS) is 17.6. The van der Waals surface area contributed by atoms with Crippen LogP contribution in [0.25, 0.3) is 12.2 Å². The lowest BCUT2D eigenvalue weighted by molar-refractivity contribution is 0.249. The molecule has 0 saturated carbocycles. The van der Waals surface area contributed by atoms with Crippen molar-refractivity contribution in [3.63, 3.8) is 0 Å². The van der Waals surface area contributed by atoms with E-state index in [0.717, 1.165) is 5.56 Å². The summed E-state index contributed by atoms with van der Waals surface area (Å²) in [4.78, 5) is 2.62. The first-order valence-electron chi connectivity index (χ1n) is 11.2. The van der Waals surface area contributed by atoms with Gasteiger partial charge in [-0.25, -0.2) is 26.3 Å². The molecule has 3 aromatic rings. The maximum Gasteiger partial charge on any atom is 0.161 e. The number of benzene rings is 3. The molecule has 37 heavy (non-hydrogen) atoms. The largest absolute Gasteiger partial charge is 0.481 e. The van der Waals surface area contributed by atoms with Gasteiger partial charge in [-0.1, -0.05) is 11.6 Å². The molecule has 5 rings (SSSR count). The van der Waals surface area contributed by atoms with Gasteiger partial charge < -0.3 is 19.3 Å². The predicted molar refractivity (Wildman–Crippen MR) is 127 cm³/mol. The fourth-order valence-electron chi connectivity index (χ4n) is 4.46. The monoisotopic (exact) mass is 518 g/mol. The Morgan fingerprint density at radius 2 is 1.24 bits per heavy atom. The molecule has 0 N–H and O–H groups in total. The first kappa shape index (κ1) is 24.6. The lowest BCUT2D eigenvalue weighted by Gasteiger charge is -2.32. The minimum atomic E-state index is -1.05. The molecule has 0 aliphatic carbocycles. The zero-order chi connectivity index (χ0) is 26.3. The second-order valence-corrected chi connectivity index (χ2v) is 8.78. The van der Waals surface area contributed by atoms with Crippen LogP contribution in [-0.2, 0) is 11.3 Å². The number of halogens is 6. The smallest absolute Gasteiger partial charge is 0.161 e. The molecular formula is C27H20F6N2O2. The van der Waals surface area contributed by atoms with Crippen LogP contribution in [0.3, 0.4) is 0 Å². The molecule has 0 saturated heterocycles. The minimum absolute atomic E-state index is 0.0679. The van der Waals surface area contributed by atoms with E-state index in [9.17, 15) is 26.3 Å². The molecule has 0 radical (unpaired) electrons. The lowest BCUT2D eigenvalue weighted by atomic mass is 9.99. The maximum atomic E-state index is 14.4. The van der Waals surface area contributed by atoms with E-state index in [1.807, 2.05) is 0 Å². The van der Waals surface area contributed by atoms with Crippen molar-refractivity contribution >= 4 is 23.5 Å². The Hall–Kier alpha value is -4.08. The standard InChI is InChI=1S/C27H20F6N2O2/c1-15-4-17-5-18-12-35(27-23(32)9-20(29)10-24(27)33)14-37-25(18)6-16(17)2-3-36-13-34(11-15)26-21(30)7-19(28)8-22(26)31/h2-10H,11-14H2,1H3/b3-2+,15-4+. The van der Waals surface area contributed by atoms with E-state index in [2.05, 4.69) is 0 Å². The molecule has 2 aliphatic heterocycles. The average molecular weight is 518 g/mol. The van der Waals surface area contributed by atoms with Gasteiger partial charge in [-0.2, -0.15) is 0 Å². The quantitative estimate of drug-likeness (QED) is 0.351. The third-order valence-corrected chi connectivity index (χ3v) is 6.02. The van der Waals surface area contributed by atoms with E-state index < -0.39 is 46.3 Å². The molecule has 0 unspecified atom stereocenters. The van der Waals surface area contributed by atoms with Crippen LogP contribution in [0.1, 0.15) is 23.6 Å². The average Bonchev–Trinajstić information content (AvgIpc) is 2.80. The van der Waals surface area contributed by atoms with Crippen molar-refractivity contribution in [1.29, 1.82) is 0 Å². The Morgan fingerprint density at radius 3 is 1.84 bits per heavy atom. The van der Waals surface area contributed by atoms with Gasteiger partial charge in [0.2, 0.25) is 0 Å². The van der Waals surface area contributed by atoms with Gasteiger partial charge in [0.15, 0.2) is 36.7 Å². The molecule has 2 heterocycles. The molecule has 10 heteroatoms. The second-order valence-electron chi connectivity index (χ2n) is 8.78. The maximum absolute atomic E-state index is 14.4. The third kappa shape index (κ3) is 4.96. The Morgan fingerprint density at radius 1 is 0.676 bits per heavy atom. The van der Waals surface area contributed by atoms with E-state index in [1.54, 1.807) is 31.2 Å². The highest BCUT2D eigenvalue weighted by molar-refractivity contribution is 5.70. The van der Waals surface area contributed by atoms with Crippen molar-refractivity contribution in [3.8, 4) is 5.75 Å². The summed E-state index contributed by atoms with van der Waals surface area (Å²) in [5.41, 5.74) is 1.93. The van der Waals surface area contributed by atoms with Gasteiger partial charge in [0, 0.05) is 36.4 Å². The van der Waals surface area contributed by atoms with Gasteiger partial charge in [0.25, 0.3) is 0 Å². The molecule has 0 bridgehead atoms. The van der Waals surface area contributed by atoms with E-state index in [-0.39, 0.29) is 26.6 Å². The van der Waals surface area contributed by atoms with Gasteiger partial charge in [-0.15, -0.1) is 0 Å². The van der Waals surface area contributed by atoms with Crippen LogP contribution >= 0.6 is 0 Å². The molecule has 4 nitrogen and oxygen atoms in total. The lowest BCUT2D eigenvalue weighted by Crippen LogP contribution is -2.33. The van der Waals surface area contributed by atoms with Crippen molar-refractivity contribution in [2.24, 2.45) is 0 Å². The van der Waals surface area contributed by atoms with Gasteiger partial charge in [-0.05, 0) is 36.3 Å². The number of hydrogen-bond donors (Lipinski definition) is 0. The van der Waals surface area contributed by atoms with E-state index in [4.69, 9.17) is 9.47 Å². The molecule has 2 aliphatic rings. The number of anilines is 2. The topological polar surface area (TPSA) is 24.9 Å². The summed E-state index contributed by atoms with van der Waals surface area (Å²) in [7, 11) is 0. The van der Waals surface area contributed by atoms with Crippen molar-refractivity contribution in [2.45, 2.75) is 13.5 Å². The fraction of sp³-hybridized carbons (Fsp3) is 0.185. The zero-order valence-electron chi connectivity index (χ0n) is 19.5. The first-order chi connectivity index (χ1) is 17.7. The number of rotatable bonds is 2. The summed E-state index contributed by atoms with van der Waals surface area (Å²) in [6, 6.07) is 5.95. The number of ether oxygens (including phenoxy) is 2. The summed E-state index contributed by atoms with van der Waals surface area (Å²) in [5.74, 6) is -5.73. The summed E-state index contributed by atoms with van der Waals surface area (Å²) in [6.07, 6.45) is 4.81. The SMILES string of the molecule is C/C1=C\c2cc3c(cc2/C=C/OCN(c2c(F)cc(F)cc2F)C1)OCN(c1c(F)cc(F)cc1F)C3. The third-order valence-electron chi connectivity index (χ3n) is 6.02. The highest BCUT2D eigenvalue weighted by Crippen LogP contribution is 2.35. The van der Waals surface area contributed by atoms with E-state index in [1.165, 1.54) is 16.1 Å². The zero-order valence-corrected chi connectivity index (χ0v) is 19.5. The Kier molecular flexibility index (Phi) is 6.49. The summed E-state index contributed by atoms with van der Waals surface area (Å²) >= 11 is 0. The van der Waals surface area contributed by atoms with Gasteiger partial charge >= 0.3 is 0 Å². The van der Waals surface area contributed by atoms with Crippen LogP contribution in [0.2, 0.25) is 0 Å². The van der Waals surface area contributed by atoms with Gasteiger partial charge in [0.05, 0.1) is 12.8 Å². The Labute approximate surface area is 208 Å². The predicted octanol–water partition coefficient (Wildman–Crippen LogP) is 6.75. The molecule has 192 valence electrons. The van der Waals surface area contributed by atoms with Crippen molar-refractivity contribution in [2.75, 3.05) is 29.8 Å². The molecule has 3 aromatic carbocycles. The van der Waals surface area contributed by atoms with Crippen molar-refractivity contribution in [3.05, 3.63) is 99.8 Å². The molecule has 0 fully saturated rings. The van der Waals surface area contributed by atoms with Crippen molar-refractivity contribution < 1.29 is 35.8 Å². The minimum Gasteiger partial charge on any atom is -0.481 e. The Balaban J connectivity index is 1.48. The number of hydrogen-bond acceptors (Lipinski definition) is 4. The summed E-state index contributed by atoms with van der Waals surface area (Å²) < 4.78 is 95.5. The molecule has 0 spiro atoms. The van der Waals surface area contributed by atoms with Crippen LogP contribution in [-0.4, -0.2) is 20.0 Å². The van der Waals surface area contributed by atoms with Gasteiger partial charge in [0.1, 0.15) is 28.8 Å². The summed E-state index contributed by atoms with van der Waals surface area (Å²) in [6.45, 7) is 1.57. The molecular weight excluding hydrogens is 498 g/mol. The number of fused-ring (bicyclic) bond motifs is 2. The molecule has 0 amide bonds. The fourth-order valence-corrected chi connectivity index (χ4v) is 4.46.